The molecule has 3 nitrogen and oxygen atoms in total. The predicted octanol–water partition coefficient (Wildman–Crippen LogP) is 4.72. The van der Waals surface area contributed by atoms with E-state index in [1.54, 1.807) is 0 Å². The van der Waals surface area contributed by atoms with Gasteiger partial charge >= 0.3 is 0 Å². The van der Waals surface area contributed by atoms with Crippen molar-refractivity contribution in [2.24, 2.45) is 0 Å². The summed E-state index contributed by atoms with van der Waals surface area (Å²) in [7, 11) is 0. The number of rotatable bonds is 7. The molecule has 4 heteroatoms. The SMILES string of the molecule is CCCCCN1C(=O)C(SC(C)C)=C(c2ccc(C)cc2C)C1=O. The van der Waals surface area contributed by atoms with Gasteiger partial charge in [-0.3, -0.25) is 14.5 Å². The minimum Gasteiger partial charge on any atom is -0.274 e. The van der Waals surface area contributed by atoms with Crippen molar-refractivity contribution < 1.29 is 9.59 Å². The maximum atomic E-state index is 13.0. The number of hydrogen-bond acceptors (Lipinski definition) is 3. The van der Waals surface area contributed by atoms with E-state index in [4.69, 9.17) is 0 Å². The second kappa shape index (κ2) is 8.02. The van der Waals surface area contributed by atoms with Gasteiger partial charge in [0.05, 0.1) is 10.5 Å². The quantitative estimate of drug-likeness (QED) is 0.530. The Hall–Kier alpha value is -1.55. The minimum absolute atomic E-state index is 0.121. The number of unbranched alkanes of at least 4 members (excludes halogenated alkanes) is 2. The van der Waals surface area contributed by atoms with Crippen LogP contribution in [0.4, 0.5) is 0 Å². The first-order valence-corrected chi connectivity index (χ1v) is 9.59. The van der Waals surface area contributed by atoms with Gasteiger partial charge in [-0.15, -0.1) is 11.8 Å². The molecule has 0 aromatic heterocycles. The molecule has 0 N–H and O–H groups in total. The largest absolute Gasteiger partial charge is 0.274 e. The van der Waals surface area contributed by atoms with Crippen LogP contribution >= 0.6 is 11.8 Å². The fourth-order valence-electron chi connectivity index (χ4n) is 2.95. The highest BCUT2D eigenvalue weighted by Gasteiger charge is 2.39. The zero-order valence-electron chi connectivity index (χ0n) is 15.3. The maximum Gasteiger partial charge on any atom is 0.267 e. The number of carbonyl (C=O) groups is 2. The van der Waals surface area contributed by atoms with Crippen molar-refractivity contribution in [2.75, 3.05) is 6.54 Å². The number of carbonyl (C=O) groups excluding carboxylic acids is 2. The summed E-state index contributed by atoms with van der Waals surface area (Å²) in [5.74, 6) is -0.254. The normalized spacial score (nSPS) is 15.2. The Morgan fingerprint density at radius 1 is 1.08 bits per heavy atom. The molecule has 1 aliphatic heterocycles. The molecule has 0 radical (unpaired) electrons. The van der Waals surface area contributed by atoms with E-state index < -0.39 is 0 Å². The fraction of sp³-hybridized carbons (Fsp3) is 0.500. The number of hydrogen-bond donors (Lipinski definition) is 0. The van der Waals surface area contributed by atoms with E-state index in [1.165, 1.54) is 16.7 Å². The zero-order valence-corrected chi connectivity index (χ0v) is 16.1. The average molecular weight is 346 g/mol. The second-order valence-electron chi connectivity index (χ2n) is 6.66. The Balaban J connectivity index is 2.43. The van der Waals surface area contributed by atoms with Crippen molar-refractivity contribution in [3.8, 4) is 0 Å². The molecular weight excluding hydrogens is 318 g/mol. The molecular formula is C20H27NO2S. The molecule has 130 valence electrons. The maximum absolute atomic E-state index is 13.0. The number of thioether (sulfide) groups is 1. The summed E-state index contributed by atoms with van der Waals surface area (Å²) < 4.78 is 0. The molecule has 2 rings (SSSR count). The van der Waals surface area contributed by atoms with E-state index >= 15 is 0 Å². The van der Waals surface area contributed by atoms with Gasteiger partial charge < -0.3 is 0 Å². The molecule has 0 saturated heterocycles. The Morgan fingerprint density at radius 2 is 1.79 bits per heavy atom. The molecule has 1 heterocycles. The second-order valence-corrected chi connectivity index (χ2v) is 8.24. The standard InChI is InChI=1S/C20H27NO2S/c1-6-7-8-11-21-19(22)17(18(20(21)23)24-13(2)3)16-10-9-14(4)12-15(16)5/h9-10,12-13H,6-8,11H2,1-5H3. The Morgan fingerprint density at radius 3 is 2.38 bits per heavy atom. The smallest absolute Gasteiger partial charge is 0.267 e. The van der Waals surface area contributed by atoms with Gasteiger partial charge in [-0.25, -0.2) is 0 Å². The lowest BCUT2D eigenvalue weighted by Gasteiger charge is -2.15. The van der Waals surface area contributed by atoms with E-state index in [1.807, 2.05) is 26.0 Å². The van der Waals surface area contributed by atoms with Crippen molar-refractivity contribution in [1.82, 2.24) is 4.90 Å². The van der Waals surface area contributed by atoms with E-state index in [-0.39, 0.29) is 17.1 Å². The molecule has 0 spiro atoms. The van der Waals surface area contributed by atoms with Crippen LogP contribution < -0.4 is 0 Å². The number of imide groups is 1. The Kier molecular flexibility index (Phi) is 6.27. The first-order valence-electron chi connectivity index (χ1n) is 8.71. The van der Waals surface area contributed by atoms with Gasteiger partial charge in [0.15, 0.2) is 0 Å². The number of benzene rings is 1. The van der Waals surface area contributed by atoms with Crippen LogP contribution in [-0.2, 0) is 9.59 Å². The van der Waals surface area contributed by atoms with E-state index in [0.29, 0.717) is 17.0 Å². The van der Waals surface area contributed by atoms with Gasteiger partial charge in [-0.1, -0.05) is 57.4 Å². The van der Waals surface area contributed by atoms with Crippen LogP contribution in [0.15, 0.2) is 23.1 Å². The molecule has 0 aliphatic carbocycles. The minimum atomic E-state index is -0.133. The first kappa shape index (κ1) is 18.8. The lowest BCUT2D eigenvalue weighted by atomic mass is 9.99. The highest BCUT2D eigenvalue weighted by Crippen LogP contribution is 2.39. The van der Waals surface area contributed by atoms with Crippen LogP contribution in [0.25, 0.3) is 5.57 Å². The van der Waals surface area contributed by atoms with Crippen LogP contribution in [0.2, 0.25) is 0 Å². The van der Waals surface area contributed by atoms with Crippen molar-refractivity contribution in [1.29, 1.82) is 0 Å². The molecule has 0 saturated carbocycles. The van der Waals surface area contributed by atoms with Gasteiger partial charge in [0.2, 0.25) is 0 Å². The summed E-state index contributed by atoms with van der Waals surface area (Å²) in [6.45, 7) is 10.8. The molecule has 1 aromatic carbocycles. The van der Waals surface area contributed by atoms with E-state index in [9.17, 15) is 9.59 Å². The van der Waals surface area contributed by atoms with Crippen LogP contribution in [0, 0.1) is 13.8 Å². The van der Waals surface area contributed by atoms with Crippen molar-refractivity contribution >= 4 is 29.1 Å². The first-order chi connectivity index (χ1) is 11.4. The monoisotopic (exact) mass is 345 g/mol. The zero-order chi connectivity index (χ0) is 17.9. The summed E-state index contributed by atoms with van der Waals surface area (Å²) >= 11 is 1.50. The molecule has 24 heavy (non-hydrogen) atoms. The molecule has 0 fully saturated rings. The summed E-state index contributed by atoms with van der Waals surface area (Å²) in [5.41, 5.74) is 3.68. The van der Waals surface area contributed by atoms with Gasteiger partial charge in [0.1, 0.15) is 0 Å². The third-order valence-electron chi connectivity index (χ3n) is 4.12. The molecule has 1 aromatic rings. The topological polar surface area (TPSA) is 37.4 Å². The van der Waals surface area contributed by atoms with Crippen LogP contribution in [-0.4, -0.2) is 28.5 Å². The number of aryl methyl sites for hydroxylation is 2. The summed E-state index contributed by atoms with van der Waals surface area (Å²) in [6.07, 6.45) is 2.97. The predicted molar refractivity (Wildman–Crippen MR) is 102 cm³/mol. The molecule has 0 bridgehead atoms. The van der Waals surface area contributed by atoms with Gasteiger partial charge in [-0.05, 0) is 31.4 Å². The highest BCUT2D eigenvalue weighted by molar-refractivity contribution is 8.04. The summed E-state index contributed by atoms with van der Waals surface area (Å²) in [4.78, 5) is 27.9. The van der Waals surface area contributed by atoms with Gasteiger partial charge in [0, 0.05) is 11.8 Å². The Labute approximate surface area is 149 Å². The lowest BCUT2D eigenvalue weighted by Crippen LogP contribution is -2.32. The fourth-order valence-corrected chi connectivity index (χ4v) is 3.95. The molecule has 0 unspecified atom stereocenters. The van der Waals surface area contributed by atoms with Gasteiger partial charge in [-0.2, -0.15) is 0 Å². The third-order valence-corrected chi connectivity index (χ3v) is 5.20. The summed E-state index contributed by atoms with van der Waals surface area (Å²) in [5, 5.41) is 0.257. The number of amides is 2. The third kappa shape index (κ3) is 3.92. The van der Waals surface area contributed by atoms with Crippen molar-refractivity contribution in [2.45, 2.75) is 59.1 Å². The average Bonchev–Trinajstić information content (AvgIpc) is 2.72. The Bertz CT molecular complexity index is 676. The van der Waals surface area contributed by atoms with Gasteiger partial charge in [0.25, 0.3) is 11.8 Å². The van der Waals surface area contributed by atoms with Crippen LogP contribution in [0.1, 0.15) is 56.7 Å². The number of nitrogens with zero attached hydrogens (tertiary/aromatic N) is 1. The molecule has 2 amide bonds. The van der Waals surface area contributed by atoms with Crippen molar-refractivity contribution in [3.63, 3.8) is 0 Å². The van der Waals surface area contributed by atoms with Crippen LogP contribution in [0.5, 0.6) is 0 Å². The van der Waals surface area contributed by atoms with E-state index in [2.05, 4.69) is 26.8 Å². The van der Waals surface area contributed by atoms with Crippen molar-refractivity contribution in [3.05, 3.63) is 39.8 Å². The van der Waals surface area contributed by atoms with Crippen LogP contribution in [0.3, 0.4) is 0 Å². The summed E-state index contributed by atoms with van der Waals surface area (Å²) in [6, 6.07) is 6.05. The molecule has 1 aliphatic rings. The molecule has 0 atom stereocenters. The van der Waals surface area contributed by atoms with E-state index in [0.717, 1.165) is 36.0 Å². The highest BCUT2D eigenvalue weighted by atomic mass is 32.2. The lowest BCUT2D eigenvalue weighted by molar-refractivity contribution is -0.136.